The fourth-order valence-corrected chi connectivity index (χ4v) is 3.19. The summed E-state index contributed by atoms with van der Waals surface area (Å²) in [5.41, 5.74) is 6.33. The van der Waals surface area contributed by atoms with Crippen molar-refractivity contribution in [2.24, 2.45) is 0 Å². The van der Waals surface area contributed by atoms with Crippen molar-refractivity contribution < 1.29 is 4.74 Å². The number of pyridine rings is 1. The van der Waals surface area contributed by atoms with Crippen LogP contribution >= 0.6 is 0 Å². The zero-order valence-electron chi connectivity index (χ0n) is 12.6. The molecule has 1 aromatic heterocycles. The highest BCUT2D eigenvalue weighted by atomic mass is 16.5. The third-order valence-corrected chi connectivity index (χ3v) is 4.34. The smallest absolute Gasteiger partial charge is 0.119 e. The number of methoxy groups -OCH3 is 1. The number of hydrogen-bond acceptors (Lipinski definition) is 3. The first-order valence-corrected chi connectivity index (χ1v) is 7.61. The van der Waals surface area contributed by atoms with Gasteiger partial charge in [-0.2, -0.15) is 0 Å². The van der Waals surface area contributed by atoms with Crippen LogP contribution in [0.15, 0.2) is 48.7 Å². The maximum Gasteiger partial charge on any atom is 0.119 e. The maximum atomic E-state index is 5.32. The van der Waals surface area contributed by atoms with Crippen LogP contribution in [0.2, 0.25) is 0 Å². The molecular formula is C19H18N2O. The highest BCUT2D eigenvalue weighted by Gasteiger charge is 2.14. The molecule has 0 saturated heterocycles. The first-order chi connectivity index (χ1) is 10.8. The molecule has 1 aliphatic rings. The van der Waals surface area contributed by atoms with E-state index in [1.165, 1.54) is 22.3 Å². The average molecular weight is 290 g/mol. The molecule has 3 nitrogen and oxygen atoms in total. The molecule has 2 heterocycles. The molecule has 0 spiro atoms. The van der Waals surface area contributed by atoms with Crippen molar-refractivity contribution in [1.82, 2.24) is 10.3 Å². The van der Waals surface area contributed by atoms with Crippen LogP contribution in [0, 0.1) is 0 Å². The summed E-state index contributed by atoms with van der Waals surface area (Å²) in [6.45, 7) is 2.00. The molecule has 0 atom stereocenters. The zero-order valence-corrected chi connectivity index (χ0v) is 12.6. The number of hydrogen-bond donors (Lipinski definition) is 1. The second-order valence-electron chi connectivity index (χ2n) is 5.65. The van der Waals surface area contributed by atoms with E-state index in [2.05, 4.69) is 34.6 Å². The Hall–Kier alpha value is -2.39. The van der Waals surface area contributed by atoms with Gasteiger partial charge >= 0.3 is 0 Å². The Morgan fingerprint density at radius 1 is 1.14 bits per heavy atom. The normalized spacial score (nSPS) is 13.9. The van der Waals surface area contributed by atoms with Gasteiger partial charge in [0.05, 0.1) is 12.6 Å². The standard InChI is InChI=1S/C19H18N2O/c1-22-16-5-6-19-14(10-16)9-15(12-21-19)17-4-2-3-13-11-20-8-7-18(13)17/h2-6,9-10,12,20H,7-8,11H2,1H3. The molecule has 0 radical (unpaired) electrons. The first-order valence-electron chi connectivity index (χ1n) is 7.61. The quantitative estimate of drug-likeness (QED) is 0.783. The molecular weight excluding hydrogens is 272 g/mol. The van der Waals surface area contributed by atoms with Crippen LogP contribution in [0.3, 0.4) is 0 Å². The van der Waals surface area contributed by atoms with Crippen molar-refractivity contribution in [1.29, 1.82) is 0 Å². The van der Waals surface area contributed by atoms with Gasteiger partial charge in [0, 0.05) is 23.7 Å². The molecule has 3 heteroatoms. The third kappa shape index (κ3) is 2.24. The van der Waals surface area contributed by atoms with Gasteiger partial charge in [0.15, 0.2) is 0 Å². The molecule has 3 aromatic rings. The number of benzene rings is 2. The van der Waals surface area contributed by atoms with Gasteiger partial charge in [-0.25, -0.2) is 0 Å². The van der Waals surface area contributed by atoms with Crippen molar-refractivity contribution in [3.63, 3.8) is 0 Å². The number of nitrogens with one attached hydrogen (secondary N) is 1. The van der Waals surface area contributed by atoms with Crippen LogP contribution in [-0.2, 0) is 13.0 Å². The van der Waals surface area contributed by atoms with Crippen molar-refractivity contribution in [3.8, 4) is 16.9 Å². The molecule has 2 aromatic carbocycles. The molecule has 0 fully saturated rings. The molecule has 22 heavy (non-hydrogen) atoms. The van der Waals surface area contributed by atoms with Crippen LogP contribution in [-0.4, -0.2) is 18.6 Å². The van der Waals surface area contributed by atoms with Gasteiger partial charge in [0.25, 0.3) is 0 Å². The number of aromatic nitrogens is 1. The average Bonchev–Trinajstić information content (AvgIpc) is 2.60. The Balaban J connectivity index is 1.87. The molecule has 1 aliphatic heterocycles. The third-order valence-electron chi connectivity index (χ3n) is 4.34. The summed E-state index contributed by atoms with van der Waals surface area (Å²) in [7, 11) is 1.69. The predicted octanol–water partition coefficient (Wildman–Crippen LogP) is 3.56. The Bertz CT molecular complexity index is 842. The van der Waals surface area contributed by atoms with E-state index in [9.17, 15) is 0 Å². The van der Waals surface area contributed by atoms with Crippen LogP contribution in [0.1, 0.15) is 11.1 Å². The summed E-state index contributed by atoms with van der Waals surface area (Å²) in [5.74, 6) is 0.866. The molecule has 0 amide bonds. The molecule has 4 rings (SSSR count). The molecule has 0 aliphatic carbocycles. The topological polar surface area (TPSA) is 34.1 Å². The number of rotatable bonds is 2. The van der Waals surface area contributed by atoms with E-state index in [0.717, 1.165) is 36.2 Å². The van der Waals surface area contributed by atoms with Gasteiger partial charge in [-0.1, -0.05) is 18.2 Å². The lowest BCUT2D eigenvalue weighted by Gasteiger charge is -2.20. The lowest BCUT2D eigenvalue weighted by Crippen LogP contribution is -2.24. The van der Waals surface area contributed by atoms with Gasteiger partial charge < -0.3 is 10.1 Å². The summed E-state index contributed by atoms with van der Waals surface area (Å²) in [4.78, 5) is 4.61. The van der Waals surface area contributed by atoms with Gasteiger partial charge in [0.1, 0.15) is 5.75 Å². The first kappa shape index (κ1) is 13.3. The molecule has 1 N–H and O–H groups in total. The summed E-state index contributed by atoms with van der Waals surface area (Å²) < 4.78 is 5.32. The van der Waals surface area contributed by atoms with Gasteiger partial charge in [-0.3, -0.25) is 4.98 Å². The summed E-state index contributed by atoms with van der Waals surface area (Å²) in [6.07, 6.45) is 3.05. The fourth-order valence-electron chi connectivity index (χ4n) is 3.19. The summed E-state index contributed by atoms with van der Waals surface area (Å²) in [6, 6.07) is 14.8. The van der Waals surface area contributed by atoms with Crippen molar-refractivity contribution in [3.05, 3.63) is 59.8 Å². The SMILES string of the molecule is COc1ccc2ncc(-c3cccc4c3CCNC4)cc2c1. The van der Waals surface area contributed by atoms with Crippen LogP contribution in [0.4, 0.5) is 0 Å². The van der Waals surface area contributed by atoms with E-state index in [4.69, 9.17) is 4.74 Å². The number of fused-ring (bicyclic) bond motifs is 2. The lowest BCUT2D eigenvalue weighted by atomic mass is 9.91. The Morgan fingerprint density at radius 2 is 2.09 bits per heavy atom. The van der Waals surface area contributed by atoms with E-state index < -0.39 is 0 Å². The predicted molar refractivity (Wildman–Crippen MR) is 89.1 cm³/mol. The maximum absolute atomic E-state index is 5.32. The monoisotopic (exact) mass is 290 g/mol. The van der Waals surface area contributed by atoms with E-state index in [0.29, 0.717) is 0 Å². The van der Waals surface area contributed by atoms with Gasteiger partial charge in [-0.15, -0.1) is 0 Å². The van der Waals surface area contributed by atoms with Gasteiger partial charge in [0.2, 0.25) is 0 Å². The van der Waals surface area contributed by atoms with E-state index in [1.54, 1.807) is 7.11 Å². The molecule has 0 saturated carbocycles. The minimum Gasteiger partial charge on any atom is -0.497 e. The van der Waals surface area contributed by atoms with Crippen molar-refractivity contribution in [2.45, 2.75) is 13.0 Å². The minimum atomic E-state index is 0.866. The number of ether oxygens (including phenoxy) is 1. The highest BCUT2D eigenvalue weighted by Crippen LogP contribution is 2.30. The summed E-state index contributed by atoms with van der Waals surface area (Å²) >= 11 is 0. The Kier molecular flexibility index (Phi) is 3.28. The van der Waals surface area contributed by atoms with Crippen molar-refractivity contribution >= 4 is 10.9 Å². The molecule has 110 valence electrons. The van der Waals surface area contributed by atoms with Crippen LogP contribution in [0.25, 0.3) is 22.0 Å². The van der Waals surface area contributed by atoms with Crippen LogP contribution in [0.5, 0.6) is 5.75 Å². The Labute approximate surface area is 130 Å². The van der Waals surface area contributed by atoms with E-state index in [1.807, 2.05) is 24.4 Å². The second kappa shape index (κ2) is 5.43. The largest absolute Gasteiger partial charge is 0.497 e. The fraction of sp³-hybridized carbons (Fsp3) is 0.211. The lowest BCUT2D eigenvalue weighted by molar-refractivity contribution is 0.415. The highest BCUT2D eigenvalue weighted by molar-refractivity contribution is 5.85. The van der Waals surface area contributed by atoms with E-state index in [-0.39, 0.29) is 0 Å². The molecule has 0 bridgehead atoms. The zero-order chi connectivity index (χ0) is 14.9. The summed E-state index contributed by atoms with van der Waals surface area (Å²) in [5, 5.41) is 4.55. The van der Waals surface area contributed by atoms with Gasteiger partial charge in [-0.05, 0) is 53.9 Å². The molecule has 0 unspecified atom stereocenters. The Morgan fingerprint density at radius 3 is 3.00 bits per heavy atom. The number of nitrogens with zero attached hydrogens (tertiary/aromatic N) is 1. The van der Waals surface area contributed by atoms with Crippen LogP contribution < -0.4 is 10.1 Å². The van der Waals surface area contributed by atoms with Crippen molar-refractivity contribution in [2.75, 3.05) is 13.7 Å². The second-order valence-corrected chi connectivity index (χ2v) is 5.65. The van der Waals surface area contributed by atoms with E-state index >= 15 is 0 Å². The minimum absolute atomic E-state index is 0.866.